The number of quaternary nitrogens is 1. The molecule has 0 aliphatic carbocycles. The van der Waals surface area contributed by atoms with E-state index in [1.807, 2.05) is 69.8 Å². The van der Waals surface area contributed by atoms with Crippen LogP contribution in [0.3, 0.4) is 0 Å². The van der Waals surface area contributed by atoms with Crippen molar-refractivity contribution in [2.45, 2.75) is 154 Å². The van der Waals surface area contributed by atoms with E-state index >= 15 is 0 Å². The summed E-state index contributed by atoms with van der Waals surface area (Å²) >= 11 is 0. The van der Waals surface area contributed by atoms with Gasteiger partial charge in [0.05, 0.1) is 52.1 Å². The maximum atomic E-state index is 12.8. The molecule has 0 rings (SSSR count). The van der Waals surface area contributed by atoms with Crippen molar-refractivity contribution in [2.75, 3.05) is 40.9 Å². The third-order valence-corrected chi connectivity index (χ3v) is 9.79. The lowest BCUT2D eigenvalue weighted by atomic mass is 10.0. The second-order valence-corrected chi connectivity index (χ2v) is 16.8. The molecule has 5 atom stereocenters. The molecule has 1 amide bonds. The van der Waals surface area contributed by atoms with Crippen molar-refractivity contribution in [3.63, 3.8) is 0 Å². The summed E-state index contributed by atoms with van der Waals surface area (Å²) in [6, 6.07) is -0.927. The Kier molecular flexibility index (Phi) is 34.2. The van der Waals surface area contributed by atoms with Crippen LogP contribution in [0.4, 0.5) is 0 Å². The zero-order valence-corrected chi connectivity index (χ0v) is 36.5. The number of unbranched alkanes of at least 4 members (excludes halogenated alkanes) is 11. The molecule has 0 aliphatic heterocycles. The summed E-state index contributed by atoms with van der Waals surface area (Å²) in [5.41, 5.74) is 0. The number of aliphatic hydroxyl groups is 3. The minimum absolute atomic E-state index is 0.0233. The average Bonchev–Trinajstić information content (AvgIpc) is 3.13. The fraction of sp³-hybridized carbons (Fsp3) is 0.667. The molecular weight excluding hydrogens is 727 g/mol. The molecular formula is C45H80N2O8P+. The van der Waals surface area contributed by atoms with Crippen LogP contribution in [0.25, 0.3) is 0 Å². The molecule has 0 fully saturated rings. The molecule has 0 saturated heterocycles. The van der Waals surface area contributed by atoms with Gasteiger partial charge in [0.2, 0.25) is 5.91 Å². The van der Waals surface area contributed by atoms with Crippen LogP contribution in [0.15, 0.2) is 85.1 Å². The lowest BCUT2D eigenvalue weighted by Gasteiger charge is -2.25. The Balaban J connectivity index is 4.74. The van der Waals surface area contributed by atoms with Crippen molar-refractivity contribution >= 4 is 13.7 Å². The second-order valence-electron chi connectivity index (χ2n) is 15.4. The third kappa shape index (κ3) is 37.2. The number of aliphatic hydroxyl groups excluding tert-OH is 3. The van der Waals surface area contributed by atoms with Crippen molar-refractivity contribution < 1.29 is 43.1 Å². The normalized spacial score (nSPS) is 16.4. The highest BCUT2D eigenvalue weighted by molar-refractivity contribution is 7.47. The van der Waals surface area contributed by atoms with Crippen LogP contribution in [0.1, 0.15) is 129 Å². The number of phosphoric ester groups is 1. The standard InChI is InChI=1S/C45H79N2O8P/c1-6-8-10-11-12-13-14-15-16-17-18-22-30-36-44(50)43(40-55-56(52,53)54-39-38-47(3,4)5)46-45(51)37-31-23-20-19-21-27-33-42(49)35-29-25-24-28-34-41(48)32-26-9-7-2/h9,20-21,23-30,34-36,41-44,48-50H,6-8,10-19,22,31-33,37-40H2,1-5H3,(H-,46,51,52,53)/p+1/b23-20-,25-24-,26-9-,27-21-,34-28+,35-29+,36-30+/t41-,42+,43-,44+/m0/s1. The molecule has 0 bridgehead atoms. The average molecular weight is 808 g/mol. The van der Waals surface area contributed by atoms with Crippen LogP contribution in [-0.2, 0) is 18.4 Å². The van der Waals surface area contributed by atoms with Crippen molar-refractivity contribution in [3.8, 4) is 0 Å². The number of nitrogens with one attached hydrogen (secondary N) is 1. The molecule has 56 heavy (non-hydrogen) atoms. The molecule has 0 aromatic rings. The Bertz CT molecular complexity index is 1220. The van der Waals surface area contributed by atoms with Gasteiger partial charge < -0.3 is 30.0 Å². The summed E-state index contributed by atoms with van der Waals surface area (Å²) in [6.45, 7) is 4.43. The van der Waals surface area contributed by atoms with E-state index in [-0.39, 0.29) is 25.5 Å². The number of hydrogen-bond acceptors (Lipinski definition) is 7. The van der Waals surface area contributed by atoms with Gasteiger partial charge in [0.15, 0.2) is 0 Å². The van der Waals surface area contributed by atoms with Gasteiger partial charge in [-0.15, -0.1) is 0 Å². The quantitative estimate of drug-likeness (QED) is 0.0139. The maximum absolute atomic E-state index is 12.8. The summed E-state index contributed by atoms with van der Waals surface area (Å²) in [4.78, 5) is 23.0. The number of phosphoric acid groups is 1. The lowest BCUT2D eigenvalue weighted by Crippen LogP contribution is -2.45. The molecule has 0 saturated carbocycles. The first-order chi connectivity index (χ1) is 26.8. The summed E-state index contributed by atoms with van der Waals surface area (Å²) in [5.74, 6) is -0.310. The monoisotopic (exact) mass is 808 g/mol. The summed E-state index contributed by atoms with van der Waals surface area (Å²) in [5, 5.41) is 33.7. The van der Waals surface area contributed by atoms with Crippen molar-refractivity contribution in [3.05, 3.63) is 85.1 Å². The molecule has 0 aromatic heterocycles. The van der Waals surface area contributed by atoms with E-state index < -0.39 is 32.2 Å². The fourth-order valence-corrected chi connectivity index (χ4v) is 6.09. The molecule has 322 valence electrons. The summed E-state index contributed by atoms with van der Waals surface area (Å²) in [6.07, 6.45) is 41.5. The van der Waals surface area contributed by atoms with E-state index in [1.165, 1.54) is 57.8 Å². The van der Waals surface area contributed by atoms with Gasteiger partial charge in [0.25, 0.3) is 0 Å². The number of allylic oxidation sites excluding steroid dienone is 9. The molecule has 0 spiro atoms. The van der Waals surface area contributed by atoms with Gasteiger partial charge in [0.1, 0.15) is 13.2 Å². The second kappa shape index (κ2) is 35.7. The first kappa shape index (κ1) is 53.6. The van der Waals surface area contributed by atoms with Crippen LogP contribution in [0, 0.1) is 0 Å². The number of hydrogen-bond donors (Lipinski definition) is 5. The molecule has 0 heterocycles. The molecule has 1 unspecified atom stereocenters. The van der Waals surface area contributed by atoms with Gasteiger partial charge in [-0.1, -0.05) is 163 Å². The number of likely N-dealkylation sites (N-methyl/N-ethyl adjacent to an activating group) is 1. The van der Waals surface area contributed by atoms with Gasteiger partial charge in [0, 0.05) is 6.42 Å². The van der Waals surface area contributed by atoms with Crippen LogP contribution in [-0.4, -0.2) is 95.9 Å². The van der Waals surface area contributed by atoms with Crippen LogP contribution in [0.5, 0.6) is 0 Å². The first-order valence-corrected chi connectivity index (χ1v) is 22.7. The highest BCUT2D eigenvalue weighted by Crippen LogP contribution is 2.43. The Morgan fingerprint density at radius 2 is 1.23 bits per heavy atom. The van der Waals surface area contributed by atoms with Gasteiger partial charge >= 0.3 is 7.82 Å². The van der Waals surface area contributed by atoms with Crippen molar-refractivity contribution in [2.24, 2.45) is 0 Å². The molecule has 0 aromatic carbocycles. The molecule has 0 radical (unpaired) electrons. The lowest BCUT2D eigenvalue weighted by molar-refractivity contribution is -0.870. The van der Waals surface area contributed by atoms with E-state index in [0.717, 1.165) is 25.7 Å². The Hall–Kier alpha value is -2.40. The summed E-state index contributed by atoms with van der Waals surface area (Å²) in [7, 11) is 1.44. The minimum atomic E-state index is -4.39. The topological polar surface area (TPSA) is 146 Å². The van der Waals surface area contributed by atoms with E-state index in [2.05, 4.69) is 19.2 Å². The number of carbonyl (C=O) groups excluding carboxylic acids is 1. The predicted octanol–water partition coefficient (Wildman–Crippen LogP) is 9.35. The Morgan fingerprint density at radius 1 is 0.679 bits per heavy atom. The van der Waals surface area contributed by atoms with E-state index in [9.17, 15) is 29.6 Å². The summed E-state index contributed by atoms with van der Waals surface area (Å²) < 4.78 is 23.4. The number of carbonyl (C=O) groups is 1. The predicted molar refractivity (Wildman–Crippen MR) is 233 cm³/mol. The molecule has 10 nitrogen and oxygen atoms in total. The highest BCUT2D eigenvalue weighted by atomic mass is 31.2. The zero-order chi connectivity index (χ0) is 41.8. The van der Waals surface area contributed by atoms with Gasteiger partial charge in [-0.25, -0.2) is 4.57 Å². The van der Waals surface area contributed by atoms with E-state index in [0.29, 0.717) is 36.7 Å². The number of nitrogens with zero attached hydrogens (tertiary/aromatic N) is 1. The zero-order valence-electron chi connectivity index (χ0n) is 35.6. The minimum Gasteiger partial charge on any atom is -0.389 e. The maximum Gasteiger partial charge on any atom is 0.472 e. The van der Waals surface area contributed by atoms with Crippen LogP contribution < -0.4 is 5.32 Å². The van der Waals surface area contributed by atoms with Crippen molar-refractivity contribution in [1.29, 1.82) is 0 Å². The van der Waals surface area contributed by atoms with Crippen LogP contribution in [0.2, 0.25) is 0 Å². The largest absolute Gasteiger partial charge is 0.472 e. The SMILES string of the molecule is CC/C=C\C[C@H](O)/C=C/C=C\C=C\[C@H](O)C/C=C\C/C=C\CCC(=O)N[C@@H](COP(=O)(O)OCC[N+](C)(C)C)[C@H](O)/C=C/CCCCCCCCCCCCC. The third-order valence-electron chi connectivity index (χ3n) is 8.80. The van der Waals surface area contributed by atoms with E-state index in [1.54, 1.807) is 36.5 Å². The number of amides is 1. The highest BCUT2D eigenvalue weighted by Gasteiger charge is 2.27. The molecule has 5 N–H and O–H groups in total. The van der Waals surface area contributed by atoms with Crippen molar-refractivity contribution in [1.82, 2.24) is 5.32 Å². The molecule has 11 heteroatoms. The fourth-order valence-electron chi connectivity index (χ4n) is 5.35. The van der Waals surface area contributed by atoms with Gasteiger partial charge in [-0.05, 0) is 44.9 Å². The van der Waals surface area contributed by atoms with E-state index in [4.69, 9.17) is 9.05 Å². The van der Waals surface area contributed by atoms with Gasteiger partial charge in [-0.3, -0.25) is 13.8 Å². The Labute approximate surface area is 341 Å². The Morgan fingerprint density at radius 3 is 1.80 bits per heavy atom. The van der Waals surface area contributed by atoms with Gasteiger partial charge in [-0.2, -0.15) is 0 Å². The smallest absolute Gasteiger partial charge is 0.389 e. The molecule has 0 aliphatic rings. The number of rotatable bonds is 36. The van der Waals surface area contributed by atoms with Crippen LogP contribution >= 0.6 is 7.82 Å². The first-order valence-electron chi connectivity index (χ1n) is 21.2.